The standard InChI is InChI=1S/C28H38N4O3S/c1-19-5-10-25(11-6-19)30-16-22(4)31(17-21(30)3)28(36)18-35-26-12-7-23(8-13-26)29-24-9-14-27(32(33)34)20(2)15-24/h5-6,9-11,14-15,21-23,26,29H,7-8,12-13,16-18H2,1-4H3/t21-,22+,23?,26?/m1/s1. The minimum Gasteiger partial charge on any atom is -0.382 e. The normalized spacial score (nSPS) is 24.4. The predicted octanol–water partition coefficient (Wildman–Crippen LogP) is 5.88. The van der Waals surface area contributed by atoms with Crippen molar-refractivity contribution in [3.63, 3.8) is 0 Å². The van der Waals surface area contributed by atoms with Crippen LogP contribution in [0.2, 0.25) is 0 Å². The van der Waals surface area contributed by atoms with Gasteiger partial charge in [0, 0.05) is 54.2 Å². The molecule has 2 aromatic rings. The van der Waals surface area contributed by atoms with Crippen molar-refractivity contribution in [3.05, 3.63) is 63.7 Å². The number of ether oxygens (including phenoxy) is 1. The van der Waals surface area contributed by atoms with E-state index in [4.69, 9.17) is 17.0 Å². The summed E-state index contributed by atoms with van der Waals surface area (Å²) in [6.07, 6.45) is 4.21. The minimum absolute atomic E-state index is 0.161. The van der Waals surface area contributed by atoms with Crippen LogP contribution in [0.5, 0.6) is 0 Å². The van der Waals surface area contributed by atoms with Crippen molar-refractivity contribution >= 4 is 34.3 Å². The molecule has 0 spiro atoms. The number of hydrogen-bond donors (Lipinski definition) is 1. The van der Waals surface area contributed by atoms with Gasteiger partial charge in [-0.3, -0.25) is 10.1 Å². The molecule has 0 bridgehead atoms. The molecule has 2 aliphatic rings. The smallest absolute Gasteiger partial charge is 0.272 e. The van der Waals surface area contributed by atoms with Crippen molar-refractivity contribution in [2.75, 3.05) is 29.9 Å². The zero-order chi connectivity index (χ0) is 25.8. The Balaban J connectivity index is 1.22. The van der Waals surface area contributed by atoms with Crippen molar-refractivity contribution in [2.24, 2.45) is 0 Å². The van der Waals surface area contributed by atoms with E-state index in [2.05, 4.69) is 60.2 Å². The Bertz CT molecular complexity index is 1070. The summed E-state index contributed by atoms with van der Waals surface area (Å²) in [5, 5.41) is 14.6. The van der Waals surface area contributed by atoms with Crippen LogP contribution in [0.1, 0.15) is 50.7 Å². The van der Waals surface area contributed by atoms with Crippen LogP contribution in [0.15, 0.2) is 42.5 Å². The summed E-state index contributed by atoms with van der Waals surface area (Å²) < 4.78 is 6.27. The number of nitrogens with one attached hydrogen (secondary N) is 1. The third kappa shape index (κ3) is 6.34. The largest absolute Gasteiger partial charge is 0.382 e. The maximum Gasteiger partial charge on any atom is 0.272 e. The van der Waals surface area contributed by atoms with Gasteiger partial charge in [0.2, 0.25) is 0 Å². The van der Waals surface area contributed by atoms with Crippen LogP contribution in [-0.2, 0) is 4.74 Å². The molecular weight excluding hydrogens is 472 g/mol. The van der Waals surface area contributed by atoms with Crippen molar-refractivity contribution in [2.45, 2.75) is 77.6 Å². The third-order valence-electron chi connectivity index (χ3n) is 7.55. The van der Waals surface area contributed by atoms with Gasteiger partial charge in [-0.25, -0.2) is 0 Å². The SMILES string of the molecule is Cc1ccc(N2C[C@H](C)N(C(=S)COC3CCC(Nc4ccc([N+](=O)[O-])c(C)c4)CC3)C[C@H]2C)cc1. The van der Waals surface area contributed by atoms with E-state index < -0.39 is 0 Å². The number of nitrogens with zero attached hydrogens (tertiary/aromatic N) is 3. The monoisotopic (exact) mass is 510 g/mol. The molecule has 0 aromatic heterocycles. The topological polar surface area (TPSA) is 70.9 Å². The van der Waals surface area contributed by atoms with Crippen molar-refractivity contribution in [3.8, 4) is 0 Å². The van der Waals surface area contributed by atoms with Gasteiger partial charge in [-0.15, -0.1) is 0 Å². The van der Waals surface area contributed by atoms with Crippen LogP contribution in [0.25, 0.3) is 0 Å². The van der Waals surface area contributed by atoms with Gasteiger partial charge in [-0.2, -0.15) is 0 Å². The number of rotatable bonds is 7. The van der Waals surface area contributed by atoms with Crippen molar-refractivity contribution < 1.29 is 9.66 Å². The molecule has 0 radical (unpaired) electrons. The summed E-state index contributed by atoms with van der Waals surface area (Å²) in [7, 11) is 0. The van der Waals surface area contributed by atoms with Crippen LogP contribution in [0.3, 0.4) is 0 Å². The number of piperazine rings is 1. The quantitative estimate of drug-likeness (QED) is 0.283. The minimum atomic E-state index is -0.336. The Morgan fingerprint density at radius 3 is 2.39 bits per heavy atom. The molecule has 4 rings (SSSR count). The Morgan fingerprint density at radius 2 is 1.75 bits per heavy atom. The molecule has 7 nitrogen and oxygen atoms in total. The van der Waals surface area contributed by atoms with Crippen LogP contribution < -0.4 is 10.2 Å². The number of hydrogen-bond acceptors (Lipinski definition) is 6. The molecule has 0 amide bonds. The molecule has 36 heavy (non-hydrogen) atoms. The number of aryl methyl sites for hydroxylation is 2. The van der Waals surface area contributed by atoms with Gasteiger partial charge in [0.15, 0.2) is 0 Å². The lowest BCUT2D eigenvalue weighted by molar-refractivity contribution is -0.385. The zero-order valence-corrected chi connectivity index (χ0v) is 22.6. The van der Waals surface area contributed by atoms with E-state index in [1.165, 1.54) is 11.3 Å². The van der Waals surface area contributed by atoms with Gasteiger partial charge in [-0.1, -0.05) is 29.9 Å². The maximum absolute atomic E-state index is 11.0. The van der Waals surface area contributed by atoms with E-state index in [0.717, 1.165) is 49.4 Å². The van der Waals surface area contributed by atoms with Gasteiger partial charge >= 0.3 is 0 Å². The van der Waals surface area contributed by atoms with E-state index >= 15 is 0 Å². The highest BCUT2D eigenvalue weighted by molar-refractivity contribution is 7.80. The highest BCUT2D eigenvalue weighted by atomic mass is 32.1. The molecule has 2 aromatic carbocycles. The number of nitro groups is 1. The molecule has 2 atom stereocenters. The van der Waals surface area contributed by atoms with Gasteiger partial charge < -0.3 is 19.9 Å². The van der Waals surface area contributed by atoms with Crippen molar-refractivity contribution in [1.82, 2.24) is 4.90 Å². The average molecular weight is 511 g/mol. The molecular formula is C28H38N4O3S. The molecule has 1 N–H and O–H groups in total. The fourth-order valence-electron chi connectivity index (χ4n) is 5.40. The number of benzene rings is 2. The molecule has 1 aliphatic carbocycles. The fraction of sp³-hybridized carbons (Fsp3) is 0.536. The molecule has 1 heterocycles. The van der Waals surface area contributed by atoms with Crippen LogP contribution in [-0.4, -0.2) is 58.7 Å². The van der Waals surface area contributed by atoms with Gasteiger partial charge in [0.25, 0.3) is 5.69 Å². The summed E-state index contributed by atoms with van der Waals surface area (Å²) in [4.78, 5) is 16.4. The molecule has 8 heteroatoms. The molecule has 2 fully saturated rings. The summed E-state index contributed by atoms with van der Waals surface area (Å²) in [6, 6.07) is 15.1. The second kappa shape index (κ2) is 11.6. The number of nitro benzene ring substituents is 1. The summed E-state index contributed by atoms with van der Waals surface area (Å²) in [5.41, 5.74) is 4.34. The van der Waals surface area contributed by atoms with Crippen LogP contribution in [0, 0.1) is 24.0 Å². The Morgan fingerprint density at radius 1 is 1.06 bits per heavy atom. The Hall–Kier alpha value is -2.71. The lowest BCUT2D eigenvalue weighted by atomic mass is 9.92. The molecule has 1 saturated heterocycles. The third-order valence-corrected chi connectivity index (χ3v) is 7.91. The van der Waals surface area contributed by atoms with Crippen molar-refractivity contribution in [1.29, 1.82) is 0 Å². The lowest BCUT2D eigenvalue weighted by Gasteiger charge is -2.46. The maximum atomic E-state index is 11.0. The van der Waals surface area contributed by atoms with Crippen LogP contribution in [0.4, 0.5) is 17.1 Å². The first-order valence-electron chi connectivity index (χ1n) is 13.0. The first-order chi connectivity index (χ1) is 17.2. The predicted molar refractivity (Wildman–Crippen MR) is 150 cm³/mol. The summed E-state index contributed by atoms with van der Waals surface area (Å²) in [6.45, 7) is 10.8. The second-order valence-electron chi connectivity index (χ2n) is 10.4. The van der Waals surface area contributed by atoms with Gasteiger partial charge in [0.1, 0.15) is 4.99 Å². The zero-order valence-electron chi connectivity index (χ0n) is 21.8. The highest BCUT2D eigenvalue weighted by Crippen LogP contribution is 2.28. The summed E-state index contributed by atoms with van der Waals surface area (Å²) >= 11 is 5.82. The Labute approximate surface area is 220 Å². The van der Waals surface area contributed by atoms with Crippen LogP contribution >= 0.6 is 12.2 Å². The van der Waals surface area contributed by atoms with Gasteiger partial charge in [-0.05, 0) is 77.6 Å². The highest BCUT2D eigenvalue weighted by Gasteiger charge is 2.31. The Kier molecular flexibility index (Phi) is 8.46. The van der Waals surface area contributed by atoms with E-state index in [-0.39, 0.29) is 16.7 Å². The molecule has 1 saturated carbocycles. The molecule has 1 aliphatic heterocycles. The van der Waals surface area contributed by atoms with E-state index in [0.29, 0.717) is 30.3 Å². The molecule has 0 unspecified atom stereocenters. The van der Waals surface area contributed by atoms with Gasteiger partial charge in [0.05, 0.1) is 17.6 Å². The fourth-order valence-corrected chi connectivity index (χ4v) is 5.72. The lowest BCUT2D eigenvalue weighted by Crippen LogP contribution is -2.58. The average Bonchev–Trinajstić information content (AvgIpc) is 2.85. The first kappa shape index (κ1) is 26.4. The summed E-state index contributed by atoms with van der Waals surface area (Å²) in [5.74, 6) is 0. The van der Waals surface area contributed by atoms with E-state index in [1.54, 1.807) is 19.1 Å². The van der Waals surface area contributed by atoms with E-state index in [9.17, 15) is 10.1 Å². The number of thiocarbonyl (C=S) groups is 1. The second-order valence-corrected chi connectivity index (χ2v) is 10.9. The molecule has 194 valence electrons. The van der Waals surface area contributed by atoms with E-state index in [1.807, 2.05) is 6.07 Å². The number of anilines is 2. The first-order valence-corrected chi connectivity index (χ1v) is 13.4.